The molecule has 1 rings (SSSR count). The maximum absolute atomic E-state index is 13.3. The lowest BCUT2D eigenvalue weighted by molar-refractivity contribution is 0.0635. The Morgan fingerprint density at radius 1 is 1.47 bits per heavy atom. The van der Waals surface area contributed by atoms with Crippen molar-refractivity contribution in [1.82, 2.24) is 0 Å². The van der Waals surface area contributed by atoms with Crippen molar-refractivity contribution in [3.8, 4) is 0 Å². The van der Waals surface area contributed by atoms with E-state index >= 15 is 0 Å². The van der Waals surface area contributed by atoms with Crippen molar-refractivity contribution in [3.05, 3.63) is 34.6 Å². The van der Waals surface area contributed by atoms with Crippen molar-refractivity contribution in [2.24, 2.45) is 5.73 Å². The average Bonchev–Trinajstić information content (AvgIpc) is 2.11. The Hall–Kier alpha value is -0.740. The van der Waals surface area contributed by atoms with Gasteiger partial charge in [0, 0.05) is 10.6 Å². The van der Waals surface area contributed by atoms with Gasteiger partial charge in [0.25, 0.3) is 6.43 Å². The first-order chi connectivity index (χ1) is 6.84. The highest BCUT2D eigenvalue weighted by Gasteiger charge is 2.32. The van der Waals surface area contributed by atoms with Gasteiger partial charge in [0.05, 0.1) is 5.54 Å². The Morgan fingerprint density at radius 3 is 2.53 bits per heavy atom. The van der Waals surface area contributed by atoms with Gasteiger partial charge in [-0.05, 0) is 25.5 Å². The molecule has 0 amide bonds. The Labute approximate surface area is 91.0 Å². The molecule has 1 nitrogen and oxygen atoms in total. The van der Waals surface area contributed by atoms with Crippen LogP contribution >= 0.6 is 11.6 Å². The number of alkyl halides is 2. The number of hydrogen-bond donors (Lipinski definition) is 1. The predicted molar refractivity (Wildman–Crippen MR) is 53.7 cm³/mol. The Morgan fingerprint density at radius 2 is 2.07 bits per heavy atom. The van der Waals surface area contributed by atoms with Gasteiger partial charge in [0.15, 0.2) is 0 Å². The van der Waals surface area contributed by atoms with Crippen LogP contribution in [0.5, 0.6) is 0 Å². The third-order valence-corrected chi connectivity index (χ3v) is 2.47. The van der Waals surface area contributed by atoms with Gasteiger partial charge in [-0.2, -0.15) is 0 Å². The zero-order chi connectivity index (χ0) is 11.6. The lowest BCUT2D eigenvalue weighted by atomic mass is 9.94. The molecule has 1 aromatic rings. The van der Waals surface area contributed by atoms with E-state index in [4.69, 9.17) is 17.3 Å². The summed E-state index contributed by atoms with van der Waals surface area (Å²) in [6.45, 7) is 1.17. The van der Waals surface area contributed by atoms with Gasteiger partial charge in [-0.1, -0.05) is 17.7 Å². The van der Waals surface area contributed by atoms with Crippen molar-refractivity contribution in [2.75, 3.05) is 0 Å². The van der Waals surface area contributed by atoms with Crippen molar-refractivity contribution < 1.29 is 13.2 Å². The van der Waals surface area contributed by atoms with Crippen LogP contribution < -0.4 is 5.73 Å². The highest BCUT2D eigenvalue weighted by molar-refractivity contribution is 6.31. The third-order valence-electron chi connectivity index (χ3n) is 2.12. The van der Waals surface area contributed by atoms with E-state index in [2.05, 4.69) is 0 Å². The van der Waals surface area contributed by atoms with Crippen LogP contribution in [0, 0.1) is 5.82 Å². The van der Waals surface area contributed by atoms with E-state index in [-0.39, 0.29) is 17.0 Å². The van der Waals surface area contributed by atoms with Gasteiger partial charge in [0.1, 0.15) is 5.82 Å². The summed E-state index contributed by atoms with van der Waals surface area (Å²) in [5, 5.41) is 0.118. The minimum Gasteiger partial charge on any atom is -0.320 e. The molecule has 0 fully saturated rings. The van der Waals surface area contributed by atoms with Crippen LogP contribution in [0.2, 0.25) is 5.02 Å². The molecule has 1 unspecified atom stereocenters. The number of rotatable bonds is 3. The summed E-state index contributed by atoms with van der Waals surface area (Å²) in [6.07, 6.45) is -3.02. The minimum absolute atomic E-state index is 0.0319. The molecular formula is C10H11ClF3N. The van der Waals surface area contributed by atoms with Crippen LogP contribution in [0.4, 0.5) is 13.2 Å². The highest BCUT2D eigenvalue weighted by atomic mass is 35.5. The maximum Gasteiger partial charge on any atom is 0.256 e. The maximum atomic E-state index is 13.3. The van der Waals surface area contributed by atoms with Gasteiger partial charge < -0.3 is 5.73 Å². The van der Waals surface area contributed by atoms with Gasteiger partial charge >= 0.3 is 0 Å². The van der Waals surface area contributed by atoms with Gasteiger partial charge in [-0.25, -0.2) is 13.2 Å². The first-order valence-corrected chi connectivity index (χ1v) is 4.72. The lowest BCUT2D eigenvalue weighted by Crippen LogP contribution is -2.46. The van der Waals surface area contributed by atoms with Crippen molar-refractivity contribution >= 4 is 11.6 Å². The van der Waals surface area contributed by atoms with E-state index in [1.165, 1.54) is 25.1 Å². The zero-order valence-electron chi connectivity index (χ0n) is 8.11. The minimum atomic E-state index is -2.73. The molecule has 0 aliphatic heterocycles. The quantitative estimate of drug-likeness (QED) is 0.859. The SMILES string of the molecule is CC(N)(Cc1c(F)cccc1Cl)C(F)F. The molecule has 1 atom stereocenters. The lowest BCUT2D eigenvalue weighted by Gasteiger charge is -2.24. The van der Waals surface area contributed by atoms with E-state index < -0.39 is 17.8 Å². The molecule has 84 valence electrons. The topological polar surface area (TPSA) is 26.0 Å². The summed E-state index contributed by atoms with van der Waals surface area (Å²) in [6, 6.07) is 4.03. The highest BCUT2D eigenvalue weighted by Crippen LogP contribution is 2.25. The normalized spacial score (nSPS) is 15.4. The zero-order valence-corrected chi connectivity index (χ0v) is 8.86. The van der Waals surface area contributed by atoms with Crippen molar-refractivity contribution in [3.63, 3.8) is 0 Å². The smallest absolute Gasteiger partial charge is 0.256 e. The first kappa shape index (κ1) is 12.3. The molecule has 0 saturated heterocycles. The van der Waals surface area contributed by atoms with Crippen molar-refractivity contribution in [2.45, 2.75) is 25.3 Å². The largest absolute Gasteiger partial charge is 0.320 e. The number of benzene rings is 1. The third kappa shape index (κ3) is 2.86. The fourth-order valence-corrected chi connectivity index (χ4v) is 1.39. The summed E-state index contributed by atoms with van der Waals surface area (Å²) in [5.74, 6) is -0.611. The van der Waals surface area contributed by atoms with Crippen LogP contribution in [0.25, 0.3) is 0 Å². The Bertz CT molecular complexity index is 332. The molecule has 15 heavy (non-hydrogen) atoms. The Balaban J connectivity index is 2.99. The summed E-state index contributed by atoms with van der Waals surface area (Å²) >= 11 is 5.70. The molecule has 0 spiro atoms. The van der Waals surface area contributed by atoms with Crippen LogP contribution in [-0.2, 0) is 6.42 Å². The van der Waals surface area contributed by atoms with Gasteiger partial charge in [-0.3, -0.25) is 0 Å². The molecular weight excluding hydrogens is 227 g/mol. The molecule has 5 heteroatoms. The number of hydrogen-bond acceptors (Lipinski definition) is 1. The summed E-state index contributed by atoms with van der Waals surface area (Å²) in [7, 11) is 0. The van der Waals surface area contributed by atoms with E-state index in [0.717, 1.165) is 0 Å². The molecule has 0 bridgehead atoms. The Kier molecular flexibility index (Phi) is 3.62. The van der Waals surface area contributed by atoms with E-state index in [1.54, 1.807) is 0 Å². The molecule has 0 saturated carbocycles. The van der Waals surface area contributed by atoms with Crippen molar-refractivity contribution in [1.29, 1.82) is 0 Å². The average molecular weight is 238 g/mol. The molecule has 1 aromatic carbocycles. The second-order valence-corrected chi connectivity index (χ2v) is 4.09. The predicted octanol–water partition coefficient (Wildman–Crippen LogP) is 3.00. The standard InChI is InChI=1S/C10H11ClF3N/c1-10(15,9(13)14)5-6-7(11)3-2-4-8(6)12/h2-4,9H,5,15H2,1H3. The monoisotopic (exact) mass is 237 g/mol. The van der Waals surface area contributed by atoms with Crippen LogP contribution in [-0.4, -0.2) is 12.0 Å². The van der Waals surface area contributed by atoms with Gasteiger partial charge in [-0.15, -0.1) is 0 Å². The molecule has 2 N–H and O–H groups in total. The second-order valence-electron chi connectivity index (χ2n) is 3.68. The molecule has 0 radical (unpaired) electrons. The number of nitrogens with two attached hydrogens (primary N) is 1. The molecule has 0 heterocycles. The number of halogens is 4. The van der Waals surface area contributed by atoms with E-state index in [1.807, 2.05) is 0 Å². The fourth-order valence-electron chi connectivity index (χ4n) is 1.16. The second kappa shape index (κ2) is 4.41. The molecule has 0 aromatic heterocycles. The van der Waals surface area contributed by atoms with E-state index in [0.29, 0.717) is 0 Å². The van der Waals surface area contributed by atoms with E-state index in [9.17, 15) is 13.2 Å². The van der Waals surface area contributed by atoms with Crippen LogP contribution in [0.1, 0.15) is 12.5 Å². The summed E-state index contributed by atoms with van der Waals surface area (Å²) in [5.41, 5.74) is 3.61. The molecule has 0 aliphatic rings. The fraction of sp³-hybridized carbons (Fsp3) is 0.400. The summed E-state index contributed by atoms with van der Waals surface area (Å²) < 4.78 is 38.2. The first-order valence-electron chi connectivity index (χ1n) is 4.34. The van der Waals surface area contributed by atoms with Gasteiger partial charge in [0.2, 0.25) is 0 Å². The summed E-state index contributed by atoms with van der Waals surface area (Å²) in [4.78, 5) is 0. The van der Waals surface area contributed by atoms with Crippen LogP contribution in [0.15, 0.2) is 18.2 Å². The van der Waals surface area contributed by atoms with Crippen LogP contribution in [0.3, 0.4) is 0 Å². The molecule has 0 aliphatic carbocycles.